The van der Waals surface area contributed by atoms with Crippen molar-refractivity contribution in [1.82, 2.24) is 10.3 Å². The van der Waals surface area contributed by atoms with Gasteiger partial charge >= 0.3 is 0 Å². The Kier molecular flexibility index (Phi) is 4.08. The van der Waals surface area contributed by atoms with Gasteiger partial charge in [0, 0.05) is 13.1 Å². The molecule has 0 unspecified atom stereocenters. The molecular weight excluding hydrogens is 360 g/mol. The molecule has 1 saturated heterocycles. The van der Waals surface area contributed by atoms with Gasteiger partial charge in [-0.05, 0) is 48.1 Å². The lowest BCUT2D eigenvalue weighted by Gasteiger charge is -2.45. The minimum atomic E-state index is -0.527. The van der Waals surface area contributed by atoms with Crippen molar-refractivity contribution in [1.29, 1.82) is 0 Å². The molecule has 1 spiro atoms. The molecule has 10 nitrogen and oxygen atoms in total. The van der Waals surface area contributed by atoms with Crippen molar-refractivity contribution < 1.29 is 9.37 Å². The number of morpholine rings is 1. The van der Waals surface area contributed by atoms with Crippen LogP contribution in [-0.4, -0.2) is 54.2 Å². The number of benzene rings is 1. The van der Waals surface area contributed by atoms with Gasteiger partial charge in [-0.25, -0.2) is 9.62 Å². The number of aliphatic imine (C=N–C) groups is 2. The Hall–Kier alpha value is -2.88. The van der Waals surface area contributed by atoms with Gasteiger partial charge in [0.25, 0.3) is 0 Å². The molecule has 1 aromatic heterocycles. The molecule has 0 radical (unpaired) electrons. The number of hydrogen-bond donors (Lipinski definition) is 2. The highest BCUT2D eigenvalue weighted by Gasteiger charge is 2.43. The second-order valence-corrected chi connectivity index (χ2v) is 7.48. The number of hydrogen-bond acceptors (Lipinski definition) is 10. The summed E-state index contributed by atoms with van der Waals surface area (Å²) in [5.74, 6) is 0.563. The van der Waals surface area contributed by atoms with E-state index in [1.54, 1.807) is 0 Å². The van der Waals surface area contributed by atoms with E-state index in [2.05, 4.69) is 20.2 Å². The van der Waals surface area contributed by atoms with Crippen LogP contribution in [-0.2, 0) is 4.74 Å². The molecule has 3 aliphatic rings. The SMILES string of the molecule is NC1=NC2(CCCCC2)N(c2ccc(N3CCOCC3)c3nonc23)C(N)=N1. The fourth-order valence-electron chi connectivity index (χ4n) is 4.55. The van der Waals surface area contributed by atoms with E-state index in [0.717, 1.165) is 50.1 Å². The quantitative estimate of drug-likeness (QED) is 0.789. The summed E-state index contributed by atoms with van der Waals surface area (Å²) < 4.78 is 10.6. The van der Waals surface area contributed by atoms with Crippen LogP contribution in [0.5, 0.6) is 0 Å². The summed E-state index contributed by atoms with van der Waals surface area (Å²) in [7, 11) is 0. The second-order valence-electron chi connectivity index (χ2n) is 7.48. The molecule has 10 heteroatoms. The molecule has 4 N–H and O–H groups in total. The normalized spacial score (nSPS) is 22.4. The van der Waals surface area contributed by atoms with Crippen LogP contribution in [0.4, 0.5) is 11.4 Å². The van der Waals surface area contributed by atoms with Crippen molar-refractivity contribution in [2.24, 2.45) is 21.5 Å². The van der Waals surface area contributed by atoms with E-state index in [-0.39, 0.29) is 5.96 Å². The molecule has 2 aromatic rings. The highest BCUT2D eigenvalue weighted by atomic mass is 16.6. The standard InChI is InChI=1S/C18H24N8O2/c19-16-21-17(20)26(18(22-16)6-2-1-3-7-18)13-5-4-12(14-15(13)24-28-23-14)25-8-10-27-11-9-25/h4-5H,1-3,6-11H2,(H4,19,20,21,22). The third kappa shape index (κ3) is 2.67. The summed E-state index contributed by atoms with van der Waals surface area (Å²) in [6, 6.07) is 4.05. The Labute approximate surface area is 162 Å². The lowest BCUT2D eigenvalue weighted by atomic mass is 9.87. The Balaban J connectivity index is 1.62. The van der Waals surface area contributed by atoms with Crippen LogP contribution in [0, 0.1) is 0 Å². The first-order valence-corrected chi connectivity index (χ1v) is 9.76. The molecule has 1 aromatic carbocycles. The highest BCUT2D eigenvalue weighted by Crippen LogP contribution is 2.42. The number of guanidine groups is 2. The number of nitrogens with zero attached hydrogens (tertiary/aromatic N) is 6. The van der Waals surface area contributed by atoms with Gasteiger partial charge in [-0.3, -0.25) is 4.90 Å². The fraction of sp³-hybridized carbons (Fsp3) is 0.556. The molecule has 2 aliphatic heterocycles. The molecule has 148 valence electrons. The molecular formula is C18H24N8O2. The van der Waals surface area contributed by atoms with E-state index in [9.17, 15) is 0 Å². The van der Waals surface area contributed by atoms with Gasteiger partial charge in [0.1, 0.15) is 5.66 Å². The van der Waals surface area contributed by atoms with Crippen molar-refractivity contribution in [3.63, 3.8) is 0 Å². The zero-order chi connectivity index (χ0) is 19.1. The van der Waals surface area contributed by atoms with Crippen LogP contribution < -0.4 is 21.3 Å². The first-order chi connectivity index (χ1) is 13.7. The fourth-order valence-corrected chi connectivity index (χ4v) is 4.55. The molecule has 1 saturated carbocycles. The number of aromatic nitrogens is 2. The summed E-state index contributed by atoms with van der Waals surface area (Å²) in [4.78, 5) is 13.2. The van der Waals surface area contributed by atoms with Gasteiger partial charge in [0.2, 0.25) is 11.9 Å². The number of rotatable bonds is 2. The monoisotopic (exact) mass is 384 g/mol. The first-order valence-electron chi connectivity index (χ1n) is 9.76. The van der Waals surface area contributed by atoms with Crippen LogP contribution >= 0.6 is 0 Å². The predicted octanol–water partition coefficient (Wildman–Crippen LogP) is 1.17. The van der Waals surface area contributed by atoms with E-state index in [0.29, 0.717) is 30.2 Å². The van der Waals surface area contributed by atoms with Gasteiger partial charge in [-0.2, -0.15) is 4.99 Å². The Morgan fingerprint density at radius 2 is 1.61 bits per heavy atom. The van der Waals surface area contributed by atoms with Gasteiger partial charge in [-0.1, -0.05) is 6.42 Å². The lowest BCUT2D eigenvalue weighted by Crippen LogP contribution is -2.58. The van der Waals surface area contributed by atoms with E-state index in [1.807, 2.05) is 17.0 Å². The lowest BCUT2D eigenvalue weighted by molar-refractivity contribution is 0.123. The van der Waals surface area contributed by atoms with Gasteiger partial charge in [-0.15, -0.1) is 0 Å². The van der Waals surface area contributed by atoms with Crippen LogP contribution in [0.2, 0.25) is 0 Å². The molecule has 5 rings (SSSR count). The Morgan fingerprint density at radius 3 is 2.36 bits per heavy atom. The van der Waals surface area contributed by atoms with Gasteiger partial charge < -0.3 is 21.1 Å². The molecule has 1 aliphatic carbocycles. The van der Waals surface area contributed by atoms with Crippen LogP contribution in [0.3, 0.4) is 0 Å². The van der Waals surface area contributed by atoms with Crippen molar-refractivity contribution in [3.05, 3.63) is 12.1 Å². The predicted molar refractivity (Wildman–Crippen MR) is 106 cm³/mol. The first kappa shape index (κ1) is 17.2. The average molecular weight is 384 g/mol. The molecule has 28 heavy (non-hydrogen) atoms. The minimum Gasteiger partial charge on any atom is -0.378 e. The van der Waals surface area contributed by atoms with Crippen LogP contribution in [0.25, 0.3) is 11.0 Å². The van der Waals surface area contributed by atoms with Gasteiger partial charge in [0.15, 0.2) is 11.0 Å². The molecule has 3 heterocycles. The van der Waals surface area contributed by atoms with Crippen LogP contribution in [0.1, 0.15) is 32.1 Å². The van der Waals surface area contributed by atoms with E-state index < -0.39 is 5.66 Å². The van der Waals surface area contributed by atoms with Gasteiger partial charge in [0.05, 0.1) is 24.6 Å². The number of fused-ring (bicyclic) bond motifs is 1. The topological polar surface area (TPSA) is 131 Å². The Bertz CT molecular complexity index is 940. The van der Waals surface area contributed by atoms with Crippen molar-refractivity contribution in [2.75, 3.05) is 36.1 Å². The van der Waals surface area contributed by atoms with Crippen LogP contribution in [0.15, 0.2) is 26.7 Å². The van der Waals surface area contributed by atoms with E-state index in [1.165, 1.54) is 6.42 Å². The minimum absolute atomic E-state index is 0.232. The smallest absolute Gasteiger partial charge is 0.220 e. The van der Waals surface area contributed by atoms with Crippen molar-refractivity contribution in [2.45, 2.75) is 37.8 Å². The van der Waals surface area contributed by atoms with E-state index in [4.69, 9.17) is 25.8 Å². The van der Waals surface area contributed by atoms with Crippen molar-refractivity contribution >= 4 is 34.3 Å². The summed E-state index contributed by atoms with van der Waals surface area (Å²) >= 11 is 0. The third-order valence-corrected chi connectivity index (χ3v) is 5.82. The summed E-state index contributed by atoms with van der Waals surface area (Å²) in [5, 5.41) is 8.39. The summed E-state index contributed by atoms with van der Waals surface area (Å²) in [6.45, 7) is 2.99. The number of ether oxygens (including phenoxy) is 1. The number of nitrogens with two attached hydrogens (primary N) is 2. The third-order valence-electron chi connectivity index (χ3n) is 5.82. The molecule has 2 fully saturated rings. The zero-order valence-corrected chi connectivity index (χ0v) is 15.7. The average Bonchev–Trinajstić information content (AvgIpc) is 3.19. The highest BCUT2D eigenvalue weighted by molar-refractivity contribution is 6.10. The second kappa shape index (κ2) is 6.62. The van der Waals surface area contributed by atoms with E-state index >= 15 is 0 Å². The summed E-state index contributed by atoms with van der Waals surface area (Å²) in [5.41, 5.74) is 15.0. The zero-order valence-electron chi connectivity index (χ0n) is 15.7. The maximum Gasteiger partial charge on any atom is 0.220 e. The summed E-state index contributed by atoms with van der Waals surface area (Å²) in [6.07, 6.45) is 5.03. The molecule has 0 bridgehead atoms. The molecule has 0 amide bonds. The van der Waals surface area contributed by atoms with Crippen molar-refractivity contribution in [3.8, 4) is 0 Å². The maximum absolute atomic E-state index is 6.36. The molecule has 0 atom stereocenters. The number of anilines is 2. The largest absolute Gasteiger partial charge is 0.378 e. The maximum atomic E-state index is 6.36. The Morgan fingerprint density at radius 1 is 0.929 bits per heavy atom.